The lowest BCUT2D eigenvalue weighted by atomic mass is 10.2. The lowest BCUT2D eigenvalue weighted by Crippen LogP contribution is -2.19. The van der Waals surface area contributed by atoms with Crippen molar-refractivity contribution in [3.63, 3.8) is 0 Å². The van der Waals surface area contributed by atoms with Crippen LogP contribution in [0.15, 0.2) is 0 Å². The van der Waals surface area contributed by atoms with Crippen molar-refractivity contribution in [1.82, 2.24) is 9.97 Å². The van der Waals surface area contributed by atoms with Gasteiger partial charge in [0, 0.05) is 28.9 Å². The third-order valence-electron chi connectivity index (χ3n) is 2.49. The van der Waals surface area contributed by atoms with Gasteiger partial charge in [-0.2, -0.15) is 0 Å². The van der Waals surface area contributed by atoms with E-state index in [-0.39, 0.29) is 6.04 Å². The van der Waals surface area contributed by atoms with E-state index in [4.69, 9.17) is 11.6 Å². The molecule has 0 bridgehead atoms. The minimum Gasteiger partial charge on any atom is -0.365 e. The van der Waals surface area contributed by atoms with Crippen molar-refractivity contribution in [2.24, 2.45) is 0 Å². The lowest BCUT2D eigenvalue weighted by molar-refractivity contribution is 0.678. The first-order valence-corrected chi connectivity index (χ1v) is 7.58. The van der Waals surface area contributed by atoms with Crippen LogP contribution in [0.5, 0.6) is 0 Å². The number of hydrogen-bond donors (Lipinski definition) is 1. The van der Waals surface area contributed by atoms with E-state index in [2.05, 4.69) is 15.3 Å². The molecule has 0 aliphatic rings. The second-order valence-electron chi connectivity index (χ2n) is 4.15. The van der Waals surface area contributed by atoms with E-state index in [1.807, 2.05) is 20.8 Å². The summed E-state index contributed by atoms with van der Waals surface area (Å²) in [5.74, 6) is 1.27. The highest BCUT2D eigenvalue weighted by Gasteiger charge is 2.10. The summed E-state index contributed by atoms with van der Waals surface area (Å²) in [4.78, 5) is 8.56. The quantitative estimate of drug-likeness (QED) is 0.896. The summed E-state index contributed by atoms with van der Waals surface area (Å²) in [6.45, 7) is 5.79. The smallest absolute Gasteiger partial charge is 0.171 e. The van der Waals surface area contributed by atoms with Gasteiger partial charge in [0.05, 0.1) is 11.4 Å². The molecule has 1 N–H and O–H groups in total. The van der Waals surface area contributed by atoms with E-state index >= 15 is 0 Å². The molecule has 0 aliphatic carbocycles. The molecular weight excluding hydrogens is 258 g/mol. The van der Waals surface area contributed by atoms with E-state index in [0.29, 0.717) is 16.7 Å². The van der Waals surface area contributed by atoms with Crippen LogP contribution >= 0.6 is 11.6 Å². The maximum absolute atomic E-state index is 11.0. The first kappa shape index (κ1) is 14.4. The van der Waals surface area contributed by atoms with Crippen LogP contribution in [0.2, 0.25) is 5.15 Å². The van der Waals surface area contributed by atoms with Gasteiger partial charge < -0.3 is 5.32 Å². The standard InChI is InChI=1S/C11H18ClN3OS/c1-7(5-6-17(4)16)13-11-10(12)14-8(2)9(3)15-11/h7H,5-6H2,1-4H3,(H,13,15). The monoisotopic (exact) mass is 275 g/mol. The summed E-state index contributed by atoms with van der Waals surface area (Å²) in [6.07, 6.45) is 2.52. The maximum Gasteiger partial charge on any atom is 0.171 e. The third kappa shape index (κ3) is 4.60. The summed E-state index contributed by atoms with van der Waals surface area (Å²) in [7, 11) is -0.767. The van der Waals surface area contributed by atoms with Gasteiger partial charge in [0.25, 0.3) is 0 Å². The van der Waals surface area contributed by atoms with Crippen molar-refractivity contribution in [2.75, 3.05) is 17.3 Å². The highest BCUT2D eigenvalue weighted by molar-refractivity contribution is 7.84. The number of nitrogens with one attached hydrogen (secondary N) is 1. The molecule has 0 saturated carbocycles. The molecule has 1 heterocycles. The van der Waals surface area contributed by atoms with Gasteiger partial charge in [0.15, 0.2) is 11.0 Å². The van der Waals surface area contributed by atoms with Crippen LogP contribution in [-0.4, -0.2) is 32.2 Å². The minimum atomic E-state index is -0.767. The summed E-state index contributed by atoms with van der Waals surface area (Å²) in [6, 6.07) is 0.174. The predicted octanol–water partition coefficient (Wildman–Crippen LogP) is 2.32. The zero-order valence-electron chi connectivity index (χ0n) is 10.6. The number of aryl methyl sites for hydroxylation is 2. The normalized spacial score (nSPS) is 14.4. The van der Waals surface area contributed by atoms with Gasteiger partial charge in [0.2, 0.25) is 0 Å². The Balaban J connectivity index is 2.68. The molecule has 0 saturated heterocycles. The van der Waals surface area contributed by atoms with Crippen molar-refractivity contribution < 1.29 is 4.21 Å². The molecule has 2 unspecified atom stereocenters. The predicted molar refractivity (Wildman–Crippen MR) is 73.2 cm³/mol. The molecule has 0 aromatic carbocycles. The van der Waals surface area contributed by atoms with Gasteiger partial charge in [-0.1, -0.05) is 11.6 Å². The Hall–Kier alpha value is -0.680. The number of nitrogens with zero attached hydrogens (tertiary/aromatic N) is 2. The third-order valence-corrected chi connectivity index (χ3v) is 3.56. The van der Waals surface area contributed by atoms with E-state index in [9.17, 15) is 4.21 Å². The molecule has 96 valence electrons. The first-order chi connectivity index (χ1) is 7.90. The minimum absolute atomic E-state index is 0.174. The van der Waals surface area contributed by atoms with Crippen molar-refractivity contribution in [1.29, 1.82) is 0 Å². The molecule has 1 rings (SSSR count). The number of aromatic nitrogens is 2. The van der Waals surface area contributed by atoms with Crippen LogP contribution in [-0.2, 0) is 10.8 Å². The van der Waals surface area contributed by atoms with Crippen molar-refractivity contribution in [2.45, 2.75) is 33.2 Å². The molecule has 1 aromatic rings. The zero-order chi connectivity index (χ0) is 13.0. The molecular formula is C11H18ClN3OS. The lowest BCUT2D eigenvalue weighted by Gasteiger charge is -2.15. The second kappa shape index (κ2) is 6.31. The van der Waals surface area contributed by atoms with Crippen LogP contribution in [0, 0.1) is 13.8 Å². The Bertz CT molecular complexity index is 425. The SMILES string of the molecule is Cc1nc(Cl)c(NC(C)CCS(C)=O)nc1C. The molecule has 0 radical (unpaired) electrons. The van der Waals surface area contributed by atoms with Crippen molar-refractivity contribution in [3.05, 3.63) is 16.5 Å². The molecule has 0 aliphatic heterocycles. The molecule has 0 spiro atoms. The van der Waals surface area contributed by atoms with Gasteiger partial charge in [-0.25, -0.2) is 9.97 Å². The van der Waals surface area contributed by atoms with E-state index in [0.717, 1.165) is 17.8 Å². The van der Waals surface area contributed by atoms with Crippen LogP contribution < -0.4 is 5.32 Å². The number of hydrogen-bond acceptors (Lipinski definition) is 4. The van der Waals surface area contributed by atoms with Crippen molar-refractivity contribution >= 4 is 28.2 Å². The number of anilines is 1. The largest absolute Gasteiger partial charge is 0.365 e. The van der Waals surface area contributed by atoms with Crippen LogP contribution in [0.25, 0.3) is 0 Å². The van der Waals surface area contributed by atoms with Crippen molar-refractivity contribution in [3.8, 4) is 0 Å². The summed E-state index contributed by atoms with van der Waals surface area (Å²) in [5.41, 5.74) is 1.70. The summed E-state index contributed by atoms with van der Waals surface area (Å²) in [5, 5.41) is 3.58. The van der Waals surface area contributed by atoms with Gasteiger partial charge >= 0.3 is 0 Å². The molecule has 2 atom stereocenters. The average Bonchev–Trinajstić information content (AvgIpc) is 2.23. The fourth-order valence-electron chi connectivity index (χ4n) is 1.32. The molecule has 1 aromatic heterocycles. The van der Waals surface area contributed by atoms with Crippen LogP contribution in [0.3, 0.4) is 0 Å². The Morgan fingerprint density at radius 3 is 2.53 bits per heavy atom. The van der Waals surface area contributed by atoms with E-state index in [1.165, 1.54) is 0 Å². The second-order valence-corrected chi connectivity index (χ2v) is 6.06. The van der Waals surface area contributed by atoms with Gasteiger partial charge in [-0.05, 0) is 27.2 Å². The highest BCUT2D eigenvalue weighted by atomic mass is 35.5. The zero-order valence-corrected chi connectivity index (χ0v) is 12.2. The van der Waals surface area contributed by atoms with E-state index < -0.39 is 10.8 Å². The molecule has 0 amide bonds. The Labute approximate surface area is 110 Å². The summed E-state index contributed by atoms with van der Waals surface area (Å²) < 4.78 is 11.0. The Morgan fingerprint density at radius 2 is 1.94 bits per heavy atom. The summed E-state index contributed by atoms with van der Waals surface area (Å²) >= 11 is 6.01. The van der Waals surface area contributed by atoms with Gasteiger partial charge in [-0.15, -0.1) is 0 Å². The Morgan fingerprint density at radius 1 is 1.35 bits per heavy atom. The molecule has 4 nitrogen and oxygen atoms in total. The topological polar surface area (TPSA) is 54.9 Å². The van der Waals surface area contributed by atoms with Crippen LogP contribution in [0.1, 0.15) is 24.7 Å². The maximum atomic E-state index is 11.0. The van der Waals surface area contributed by atoms with Gasteiger partial charge in [-0.3, -0.25) is 4.21 Å². The number of halogens is 1. The molecule has 17 heavy (non-hydrogen) atoms. The average molecular weight is 276 g/mol. The molecule has 6 heteroatoms. The fraction of sp³-hybridized carbons (Fsp3) is 0.636. The Kier molecular flexibility index (Phi) is 5.33. The number of rotatable bonds is 5. The molecule has 0 fully saturated rings. The first-order valence-electron chi connectivity index (χ1n) is 5.47. The highest BCUT2D eigenvalue weighted by Crippen LogP contribution is 2.19. The van der Waals surface area contributed by atoms with Crippen LogP contribution in [0.4, 0.5) is 5.82 Å². The van der Waals surface area contributed by atoms with E-state index in [1.54, 1.807) is 6.26 Å². The van der Waals surface area contributed by atoms with Gasteiger partial charge in [0.1, 0.15) is 0 Å². The fourth-order valence-corrected chi connectivity index (χ4v) is 2.23.